The fourth-order valence-corrected chi connectivity index (χ4v) is 10.3. The number of pyridine rings is 7. The summed E-state index contributed by atoms with van der Waals surface area (Å²) in [6.45, 7) is 3.09. The maximum atomic E-state index is 13.3. The van der Waals surface area contributed by atoms with Crippen molar-refractivity contribution < 1.29 is 4.79 Å². The summed E-state index contributed by atoms with van der Waals surface area (Å²) in [5, 5.41) is 21.0. The highest BCUT2D eigenvalue weighted by Crippen LogP contribution is 2.40. The smallest absolute Gasteiger partial charge is 0.255 e. The molecule has 372 valence electrons. The van der Waals surface area contributed by atoms with E-state index in [0.29, 0.717) is 85.1 Å². The predicted octanol–water partition coefficient (Wildman–Crippen LogP) is 10.0. The van der Waals surface area contributed by atoms with E-state index in [2.05, 4.69) is 56.6 Å². The number of imidazole rings is 2. The van der Waals surface area contributed by atoms with E-state index in [0.717, 1.165) is 75.0 Å². The number of likely N-dealkylation sites (tertiary alicyclic amines) is 1. The molecule has 14 rings (SSSR count). The lowest BCUT2D eigenvalue weighted by Gasteiger charge is -2.14. The van der Waals surface area contributed by atoms with E-state index in [1.165, 1.54) is 12.8 Å². The molecular weight excluding hydrogens is 965 g/mol. The van der Waals surface area contributed by atoms with Crippen molar-refractivity contribution in [2.45, 2.75) is 19.4 Å². The number of aryl methyl sites for hydroxylation is 1. The first-order valence-corrected chi connectivity index (χ1v) is 25.1. The zero-order valence-electron chi connectivity index (χ0n) is 41.3. The van der Waals surface area contributed by atoms with Crippen molar-refractivity contribution >= 4 is 56.0 Å². The fourth-order valence-electron chi connectivity index (χ4n) is 10.3. The topological polar surface area (TPSA) is 238 Å². The lowest BCUT2D eigenvalue weighted by molar-refractivity contribution is 0.102. The molecule has 77 heavy (non-hydrogen) atoms. The summed E-state index contributed by atoms with van der Waals surface area (Å²) in [5.41, 5.74) is 14.5. The second-order valence-electron chi connectivity index (χ2n) is 19.0. The van der Waals surface area contributed by atoms with Crippen LogP contribution in [0.5, 0.6) is 0 Å². The summed E-state index contributed by atoms with van der Waals surface area (Å²) in [7, 11) is 1.88. The molecule has 2 aliphatic heterocycles. The van der Waals surface area contributed by atoms with E-state index >= 15 is 0 Å². The Labute approximate surface area is 438 Å². The van der Waals surface area contributed by atoms with Crippen molar-refractivity contribution in [3.63, 3.8) is 0 Å². The van der Waals surface area contributed by atoms with Gasteiger partial charge in [-0.3, -0.25) is 44.4 Å². The second kappa shape index (κ2) is 18.8. The van der Waals surface area contributed by atoms with Gasteiger partial charge in [0.2, 0.25) is 0 Å². The Morgan fingerprint density at radius 3 is 2.35 bits per heavy atom. The summed E-state index contributed by atoms with van der Waals surface area (Å²) in [6.07, 6.45) is 24.3. The first-order chi connectivity index (χ1) is 37.9. The van der Waals surface area contributed by atoms with Crippen LogP contribution in [0.4, 0.5) is 11.5 Å². The number of anilines is 2. The van der Waals surface area contributed by atoms with Gasteiger partial charge in [-0.2, -0.15) is 10.2 Å². The molecule has 11 aromatic heterocycles. The van der Waals surface area contributed by atoms with Crippen molar-refractivity contribution in [2.75, 3.05) is 23.7 Å². The van der Waals surface area contributed by atoms with Crippen molar-refractivity contribution in [1.29, 1.82) is 0 Å². The largest absolute Gasteiger partial charge is 0.346 e. The number of nitrogens with zero attached hydrogens (tertiary/aromatic N) is 13. The maximum Gasteiger partial charge on any atom is 0.255 e. The lowest BCUT2D eigenvalue weighted by atomic mass is 10.0. The molecule has 19 heteroatoms. The molecule has 12 aromatic rings. The molecule has 0 unspecified atom stereocenters. The van der Waals surface area contributed by atoms with E-state index in [9.17, 15) is 4.79 Å². The third-order valence-electron chi connectivity index (χ3n) is 14.0. The Hall–Kier alpha value is -10.4. The Balaban J connectivity index is 0.858. The molecule has 13 heterocycles. The van der Waals surface area contributed by atoms with Gasteiger partial charge >= 0.3 is 0 Å². The minimum Gasteiger partial charge on any atom is -0.346 e. The molecule has 0 radical (unpaired) electrons. The van der Waals surface area contributed by atoms with Crippen LogP contribution in [-0.4, -0.2) is 98.7 Å². The van der Waals surface area contributed by atoms with E-state index < -0.39 is 0 Å². The van der Waals surface area contributed by atoms with E-state index in [1.54, 1.807) is 54.0 Å². The summed E-state index contributed by atoms with van der Waals surface area (Å²) in [5.74, 6) is 1.53. The number of rotatable bonds is 11. The third kappa shape index (κ3) is 8.41. The monoisotopic (exact) mass is 1010 g/mol. The van der Waals surface area contributed by atoms with Crippen molar-refractivity contribution in [3.8, 4) is 68.1 Å². The summed E-state index contributed by atoms with van der Waals surface area (Å²) >= 11 is 0. The summed E-state index contributed by atoms with van der Waals surface area (Å²) in [4.78, 5) is 66.3. The van der Waals surface area contributed by atoms with Crippen LogP contribution in [0.2, 0.25) is 0 Å². The van der Waals surface area contributed by atoms with Gasteiger partial charge in [0.15, 0.2) is 17.3 Å². The summed E-state index contributed by atoms with van der Waals surface area (Å²) < 4.78 is 1.80. The third-order valence-corrected chi connectivity index (χ3v) is 14.0. The molecule has 1 amide bonds. The van der Waals surface area contributed by atoms with Gasteiger partial charge in [-0.15, -0.1) is 0 Å². The molecule has 1 saturated heterocycles. The Kier molecular flexibility index (Phi) is 11.1. The van der Waals surface area contributed by atoms with E-state index in [1.807, 2.05) is 111 Å². The predicted molar refractivity (Wildman–Crippen MR) is 295 cm³/mol. The number of nitrogens with one attached hydrogen (secondary N) is 5. The van der Waals surface area contributed by atoms with Gasteiger partial charge in [0.05, 0.1) is 46.2 Å². The number of amides is 1. The van der Waals surface area contributed by atoms with Crippen molar-refractivity contribution in [3.05, 3.63) is 181 Å². The number of H-pyrrole nitrogens is 3. The van der Waals surface area contributed by atoms with Gasteiger partial charge < -0.3 is 20.6 Å². The Bertz CT molecular complexity index is 4320. The number of aromatic amines is 3. The van der Waals surface area contributed by atoms with Crippen molar-refractivity contribution in [2.24, 2.45) is 7.05 Å². The molecule has 1 aromatic carbocycles. The van der Waals surface area contributed by atoms with Crippen molar-refractivity contribution in [1.82, 2.24) is 79.7 Å². The fraction of sp³-hybridized carbons (Fsp3) is 0.103. The normalized spacial score (nSPS) is 13.5. The number of hydrogen-bond acceptors (Lipinski definition) is 14. The SMILES string of the molecule is Cn1nc(-c2nc3c(-c4ccncc4)ccnc3[nH]2)c2cc(-c3cncc(NC(=O)c4ccccc4)c3)nc(-c3cc(C4=CC=CNc5[nH]c(-c6n[nH]c7cnc(-c8cncc(CN9CCCC9)c8)cc67)nc54)ccn3)c21. The van der Waals surface area contributed by atoms with Gasteiger partial charge in [-0.25, -0.2) is 19.9 Å². The number of aromatic nitrogens is 15. The van der Waals surface area contributed by atoms with Crippen LogP contribution in [0, 0.1) is 0 Å². The average Bonchev–Trinajstić information content (AvgIpc) is 4.41. The van der Waals surface area contributed by atoms with Gasteiger partial charge in [0.1, 0.15) is 34.1 Å². The molecule has 0 spiro atoms. The average molecular weight is 1010 g/mol. The van der Waals surface area contributed by atoms with Crippen LogP contribution in [0.1, 0.15) is 40.0 Å². The Morgan fingerprint density at radius 1 is 0.662 bits per heavy atom. The minimum atomic E-state index is -0.259. The zero-order valence-corrected chi connectivity index (χ0v) is 41.3. The van der Waals surface area contributed by atoms with Gasteiger partial charge in [0, 0.05) is 102 Å². The lowest BCUT2D eigenvalue weighted by Crippen LogP contribution is -2.18. The first kappa shape index (κ1) is 45.2. The zero-order chi connectivity index (χ0) is 51.4. The first-order valence-electron chi connectivity index (χ1n) is 25.1. The highest BCUT2D eigenvalue weighted by molar-refractivity contribution is 6.05. The molecule has 5 N–H and O–H groups in total. The molecule has 19 nitrogen and oxygen atoms in total. The molecule has 0 atom stereocenters. The molecule has 0 aliphatic carbocycles. The number of carbonyl (C=O) groups excluding carboxylic acids is 1. The second-order valence-corrected chi connectivity index (χ2v) is 19.0. The van der Waals surface area contributed by atoms with Gasteiger partial charge in [0.25, 0.3) is 5.91 Å². The number of fused-ring (bicyclic) bond motifs is 4. The van der Waals surface area contributed by atoms with E-state index in [-0.39, 0.29) is 5.91 Å². The van der Waals surface area contributed by atoms with Crippen LogP contribution in [0.3, 0.4) is 0 Å². The van der Waals surface area contributed by atoms with Gasteiger partial charge in [-0.05, 0) is 115 Å². The molecule has 1 fully saturated rings. The van der Waals surface area contributed by atoms with Crippen LogP contribution in [0.25, 0.3) is 107 Å². The number of allylic oxidation sites excluding steroid dienone is 2. The molecule has 2 aliphatic rings. The highest BCUT2D eigenvalue weighted by Gasteiger charge is 2.26. The van der Waals surface area contributed by atoms with Crippen LogP contribution < -0.4 is 10.6 Å². The van der Waals surface area contributed by atoms with Crippen LogP contribution in [-0.2, 0) is 13.6 Å². The molecule has 0 bridgehead atoms. The summed E-state index contributed by atoms with van der Waals surface area (Å²) in [6, 6.07) is 26.9. The molecular formula is C58H44N18O. The Morgan fingerprint density at radius 2 is 1.47 bits per heavy atom. The maximum absolute atomic E-state index is 13.3. The number of carbonyl (C=O) groups is 1. The van der Waals surface area contributed by atoms with Gasteiger partial charge in [-0.1, -0.05) is 24.3 Å². The number of benzene rings is 1. The minimum absolute atomic E-state index is 0.259. The highest BCUT2D eigenvalue weighted by atomic mass is 16.1. The van der Waals surface area contributed by atoms with Crippen LogP contribution >= 0.6 is 0 Å². The van der Waals surface area contributed by atoms with E-state index in [4.69, 9.17) is 35.1 Å². The standard InChI is InChI=1S/C58H44N18O/c1-75-53-43(51(74-75)57-69-49-41(14-19-64-55(49)71-57)34-11-16-59-17-12-34)26-45(38-23-39(30-61-29-38)66-58(77)35-8-3-2-4-9-35)67-52(53)46-24-36(13-18-62-46)40-10-7-15-63-54-48(40)68-56(70-54)50-42-25-44(65-31-47(42)72-73-50)37-22-33(27-60-28-37)32-76-20-5-6-21-76/h2-4,7-19,22-31,63H,5-6,20-21,32H2,1H3,(H,66,77)(H,68,70)(H,72,73)(H,64,69,71). The van der Waals surface area contributed by atoms with Crippen LogP contribution in [0.15, 0.2) is 159 Å². The quantitative estimate of drug-likeness (QED) is 0.0811. The number of hydrogen-bond donors (Lipinski definition) is 5. The molecule has 0 saturated carbocycles.